The third kappa shape index (κ3) is 1.99. The molecule has 1 aliphatic rings. The lowest BCUT2D eigenvalue weighted by molar-refractivity contribution is -0.115. The van der Waals surface area contributed by atoms with Gasteiger partial charge in [-0.25, -0.2) is 4.79 Å². The van der Waals surface area contributed by atoms with E-state index < -0.39 is 35.9 Å². The zero-order valence-corrected chi connectivity index (χ0v) is 9.79. The van der Waals surface area contributed by atoms with Crippen LogP contribution in [0.25, 0.3) is 0 Å². The molecule has 1 unspecified atom stereocenters. The molecule has 18 heavy (non-hydrogen) atoms. The number of aliphatic hydroxyl groups excluding tert-OH is 2. The predicted octanol–water partition coefficient (Wildman–Crippen LogP) is -2.44. The molecule has 1 saturated heterocycles. The molecule has 2 heterocycles. The van der Waals surface area contributed by atoms with Gasteiger partial charge in [-0.3, -0.25) is 20.1 Å². The summed E-state index contributed by atoms with van der Waals surface area (Å²) in [4.78, 5) is 25.1. The summed E-state index contributed by atoms with van der Waals surface area (Å²) in [6, 6.07) is 0. The van der Waals surface area contributed by atoms with Crippen LogP contribution in [0.3, 0.4) is 0 Å². The van der Waals surface area contributed by atoms with Crippen LogP contribution < -0.4 is 17.0 Å². The van der Waals surface area contributed by atoms with Crippen molar-refractivity contribution in [2.75, 3.05) is 6.61 Å². The average molecular weight is 257 g/mol. The van der Waals surface area contributed by atoms with Crippen molar-refractivity contribution < 1.29 is 14.9 Å². The van der Waals surface area contributed by atoms with Crippen LogP contribution in [0.1, 0.15) is 12.0 Å². The number of aromatic nitrogens is 2. The molecule has 3 atom stereocenters. The number of aryl methyl sites for hydroxylation is 1. The fourth-order valence-electron chi connectivity index (χ4n) is 1.98. The predicted molar refractivity (Wildman–Crippen MR) is 60.8 cm³/mol. The summed E-state index contributed by atoms with van der Waals surface area (Å²) in [5.74, 6) is -1.57. The average Bonchev–Trinajstić information content (AvgIpc) is 2.59. The number of hydrogen-bond acceptors (Lipinski definition) is 6. The van der Waals surface area contributed by atoms with Crippen molar-refractivity contribution in [2.45, 2.75) is 31.4 Å². The Morgan fingerprint density at radius 3 is 2.89 bits per heavy atom. The van der Waals surface area contributed by atoms with Crippen LogP contribution >= 0.6 is 0 Å². The molecule has 0 radical (unpaired) electrons. The Balaban J connectivity index is 2.47. The first-order valence-electron chi connectivity index (χ1n) is 5.46. The molecular weight excluding hydrogens is 242 g/mol. The number of aromatic amines is 1. The van der Waals surface area contributed by atoms with Crippen molar-refractivity contribution in [3.05, 3.63) is 32.6 Å². The van der Waals surface area contributed by atoms with Crippen LogP contribution in [0.5, 0.6) is 0 Å². The van der Waals surface area contributed by atoms with Gasteiger partial charge in [0.2, 0.25) is 5.85 Å². The van der Waals surface area contributed by atoms with Gasteiger partial charge in [0.15, 0.2) is 0 Å². The second kappa shape index (κ2) is 4.32. The Labute approximate surface area is 102 Å². The van der Waals surface area contributed by atoms with E-state index in [-0.39, 0.29) is 6.42 Å². The van der Waals surface area contributed by atoms with E-state index in [0.29, 0.717) is 5.56 Å². The zero-order chi connectivity index (χ0) is 13.5. The van der Waals surface area contributed by atoms with Crippen molar-refractivity contribution in [1.82, 2.24) is 9.55 Å². The standard InChI is InChI=1S/C10H15N3O5/c1-5-3-13(9(17)12-8(5)16)10(11)2-6(15)7(4-14)18-10/h3,6-7,14-15H,2,4,11H2,1H3,(H,12,16,17)/t6?,7-,10+/m1/s1. The summed E-state index contributed by atoms with van der Waals surface area (Å²) in [5.41, 5.74) is 4.97. The summed E-state index contributed by atoms with van der Waals surface area (Å²) in [6.45, 7) is 1.12. The van der Waals surface area contributed by atoms with Gasteiger partial charge in [-0.2, -0.15) is 0 Å². The lowest BCUT2D eigenvalue weighted by Gasteiger charge is -2.26. The Morgan fingerprint density at radius 1 is 1.67 bits per heavy atom. The first kappa shape index (κ1) is 13.0. The number of rotatable bonds is 2. The molecule has 2 rings (SSSR count). The third-order valence-electron chi connectivity index (χ3n) is 2.99. The summed E-state index contributed by atoms with van der Waals surface area (Å²) in [5, 5.41) is 18.6. The summed E-state index contributed by atoms with van der Waals surface area (Å²) < 4.78 is 6.31. The summed E-state index contributed by atoms with van der Waals surface area (Å²) >= 11 is 0. The highest BCUT2D eigenvalue weighted by molar-refractivity contribution is 5.03. The highest BCUT2D eigenvalue weighted by atomic mass is 16.6. The Hall–Kier alpha value is -1.48. The molecule has 8 heteroatoms. The molecule has 0 aliphatic carbocycles. The second-order valence-electron chi connectivity index (χ2n) is 4.40. The molecule has 1 aliphatic heterocycles. The fourth-order valence-corrected chi connectivity index (χ4v) is 1.98. The summed E-state index contributed by atoms with van der Waals surface area (Å²) in [6.07, 6.45) is -0.606. The van der Waals surface area contributed by atoms with Crippen LogP contribution in [0.15, 0.2) is 15.8 Å². The first-order valence-corrected chi connectivity index (χ1v) is 5.46. The molecule has 0 aromatic carbocycles. The van der Waals surface area contributed by atoms with Gasteiger partial charge < -0.3 is 14.9 Å². The van der Waals surface area contributed by atoms with Crippen LogP contribution in [0.2, 0.25) is 0 Å². The van der Waals surface area contributed by atoms with E-state index in [4.69, 9.17) is 15.6 Å². The molecule has 0 saturated carbocycles. The number of nitrogens with two attached hydrogens (primary N) is 1. The molecule has 5 N–H and O–H groups in total. The number of nitrogens with one attached hydrogen (secondary N) is 1. The molecule has 1 aromatic heterocycles. The van der Waals surface area contributed by atoms with Gasteiger partial charge in [0, 0.05) is 18.2 Å². The lowest BCUT2D eigenvalue weighted by Crippen LogP contribution is -2.51. The van der Waals surface area contributed by atoms with Crippen LogP contribution in [0.4, 0.5) is 0 Å². The number of aliphatic hydroxyl groups is 2. The van der Waals surface area contributed by atoms with Gasteiger partial charge in [-0.15, -0.1) is 0 Å². The van der Waals surface area contributed by atoms with E-state index in [9.17, 15) is 14.7 Å². The largest absolute Gasteiger partial charge is 0.394 e. The Kier molecular flexibility index (Phi) is 3.11. The van der Waals surface area contributed by atoms with E-state index in [1.54, 1.807) is 0 Å². The molecule has 0 spiro atoms. The highest BCUT2D eigenvalue weighted by Gasteiger charge is 2.45. The van der Waals surface area contributed by atoms with Crippen molar-refractivity contribution in [3.8, 4) is 0 Å². The van der Waals surface area contributed by atoms with E-state index in [1.165, 1.54) is 13.1 Å². The number of hydrogen-bond donors (Lipinski definition) is 4. The Morgan fingerprint density at radius 2 is 2.33 bits per heavy atom. The SMILES string of the molecule is Cc1cn([C@@]2(N)CC(O)[C@@H](CO)O2)c(=O)[nH]c1=O. The van der Waals surface area contributed by atoms with Crippen molar-refractivity contribution in [2.24, 2.45) is 5.73 Å². The molecule has 100 valence electrons. The zero-order valence-electron chi connectivity index (χ0n) is 9.79. The van der Waals surface area contributed by atoms with Gasteiger partial charge in [-0.05, 0) is 6.92 Å². The monoisotopic (exact) mass is 257 g/mol. The minimum absolute atomic E-state index is 0.0520. The van der Waals surface area contributed by atoms with E-state index in [1.807, 2.05) is 0 Å². The molecule has 8 nitrogen and oxygen atoms in total. The topological polar surface area (TPSA) is 131 Å². The maximum atomic E-state index is 11.7. The third-order valence-corrected chi connectivity index (χ3v) is 2.99. The molecule has 1 fully saturated rings. The van der Waals surface area contributed by atoms with E-state index in [0.717, 1.165) is 4.57 Å². The van der Waals surface area contributed by atoms with E-state index in [2.05, 4.69) is 4.98 Å². The smallest absolute Gasteiger partial charge is 0.331 e. The highest BCUT2D eigenvalue weighted by Crippen LogP contribution is 2.29. The first-order chi connectivity index (χ1) is 8.37. The van der Waals surface area contributed by atoms with Crippen molar-refractivity contribution >= 4 is 0 Å². The van der Waals surface area contributed by atoms with Gasteiger partial charge in [0.05, 0.1) is 12.7 Å². The molecule has 1 aromatic rings. The normalized spacial score (nSPS) is 31.8. The number of H-pyrrole nitrogens is 1. The van der Waals surface area contributed by atoms with Gasteiger partial charge in [0.1, 0.15) is 6.10 Å². The molecule has 0 bridgehead atoms. The number of nitrogens with zero attached hydrogens (tertiary/aromatic N) is 1. The maximum Gasteiger partial charge on any atom is 0.331 e. The minimum atomic E-state index is -1.57. The van der Waals surface area contributed by atoms with Crippen LogP contribution in [0, 0.1) is 6.92 Å². The lowest BCUT2D eigenvalue weighted by atomic mass is 10.1. The molecule has 0 amide bonds. The van der Waals surface area contributed by atoms with Crippen LogP contribution in [-0.2, 0) is 10.6 Å². The second-order valence-corrected chi connectivity index (χ2v) is 4.40. The maximum absolute atomic E-state index is 11.7. The fraction of sp³-hybridized carbons (Fsp3) is 0.600. The van der Waals surface area contributed by atoms with Crippen molar-refractivity contribution in [3.63, 3.8) is 0 Å². The minimum Gasteiger partial charge on any atom is -0.394 e. The Bertz CT molecular complexity index is 565. The van der Waals surface area contributed by atoms with Gasteiger partial charge in [0.25, 0.3) is 5.56 Å². The quantitative estimate of drug-likeness (QED) is 0.465. The van der Waals surface area contributed by atoms with E-state index >= 15 is 0 Å². The summed E-state index contributed by atoms with van der Waals surface area (Å²) in [7, 11) is 0. The molecular formula is C10H15N3O5. The van der Waals surface area contributed by atoms with Gasteiger partial charge >= 0.3 is 5.69 Å². The van der Waals surface area contributed by atoms with Crippen LogP contribution in [-0.4, -0.2) is 38.6 Å². The number of ether oxygens (including phenoxy) is 1. The van der Waals surface area contributed by atoms with Gasteiger partial charge in [-0.1, -0.05) is 0 Å². The van der Waals surface area contributed by atoms with Crippen molar-refractivity contribution in [1.29, 1.82) is 0 Å².